The van der Waals surface area contributed by atoms with Gasteiger partial charge in [0.15, 0.2) is 0 Å². The van der Waals surface area contributed by atoms with Crippen molar-refractivity contribution in [2.24, 2.45) is 5.84 Å². The number of halogens is 6. The summed E-state index contributed by atoms with van der Waals surface area (Å²) < 4.78 is 79.4. The van der Waals surface area contributed by atoms with E-state index in [9.17, 15) is 31.1 Å². The molecule has 0 bridgehead atoms. The summed E-state index contributed by atoms with van der Waals surface area (Å²) in [5.74, 6) is -0.329. The van der Waals surface area contributed by atoms with E-state index in [0.29, 0.717) is 6.07 Å². The minimum Gasteiger partial charge on any atom is -0.425 e. The minimum atomic E-state index is -5.09. The number of nitrogens with two attached hydrogens (primary N) is 1. The van der Waals surface area contributed by atoms with Crippen molar-refractivity contribution >= 4 is 5.91 Å². The van der Waals surface area contributed by atoms with E-state index in [-0.39, 0.29) is 12.1 Å². The molecule has 0 unspecified atom stereocenters. The average molecular weight is 288 g/mol. The molecule has 106 valence electrons. The molecule has 1 aromatic carbocycles. The van der Waals surface area contributed by atoms with Crippen LogP contribution in [0, 0.1) is 5.82 Å². The Labute approximate surface area is 102 Å². The molecule has 0 heterocycles. The predicted octanol–water partition coefficient (Wildman–Crippen LogP) is 1.81. The molecule has 0 spiro atoms. The van der Waals surface area contributed by atoms with Crippen LogP contribution in [0.1, 0.15) is 5.56 Å². The first kappa shape index (κ1) is 15.1. The van der Waals surface area contributed by atoms with Gasteiger partial charge in [-0.25, -0.2) is 10.2 Å². The second kappa shape index (κ2) is 4.96. The van der Waals surface area contributed by atoms with E-state index in [0.717, 1.165) is 5.43 Å². The molecule has 0 saturated heterocycles. The lowest BCUT2D eigenvalue weighted by atomic mass is 10.2. The highest BCUT2D eigenvalue weighted by Crippen LogP contribution is 2.34. The number of amides is 1. The number of carbonyl (C=O) groups is 1. The second-order valence-corrected chi connectivity index (χ2v) is 3.23. The Morgan fingerprint density at radius 2 is 1.79 bits per heavy atom. The summed E-state index contributed by atoms with van der Waals surface area (Å²) in [4.78, 5) is 10.6. The first-order chi connectivity index (χ1) is 8.58. The Morgan fingerprint density at radius 1 is 1.21 bits per heavy atom. The van der Waals surface area contributed by atoms with Crippen LogP contribution in [0.4, 0.5) is 26.3 Å². The highest BCUT2D eigenvalue weighted by atomic mass is 19.4. The SMILES string of the molecule is NNC(=O)C(F)(F)Oc1ccc(F)c(C(F)(F)F)c1. The minimum absolute atomic E-state index is 0.00698. The molecule has 0 aliphatic rings. The van der Waals surface area contributed by atoms with Gasteiger partial charge in [-0.05, 0) is 18.2 Å². The van der Waals surface area contributed by atoms with Gasteiger partial charge in [0.2, 0.25) is 0 Å². The van der Waals surface area contributed by atoms with Crippen LogP contribution in [0.3, 0.4) is 0 Å². The fraction of sp³-hybridized carbons (Fsp3) is 0.222. The van der Waals surface area contributed by atoms with Crippen molar-refractivity contribution in [3.63, 3.8) is 0 Å². The van der Waals surface area contributed by atoms with Crippen molar-refractivity contribution in [3.05, 3.63) is 29.6 Å². The third-order valence-corrected chi connectivity index (χ3v) is 1.88. The van der Waals surface area contributed by atoms with Crippen LogP contribution in [0.15, 0.2) is 18.2 Å². The average Bonchev–Trinajstić information content (AvgIpc) is 2.28. The Bertz CT molecular complexity index is 488. The summed E-state index contributed by atoms with van der Waals surface area (Å²) in [6, 6.07) is 0.809. The van der Waals surface area contributed by atoms with Crippen molar-refractivity contribution in [2.45, 2.75) is 12.3 Å². The van der Waals surface area contributed by atoms with Gasteiger partial charge in [0, 0.05) is 0 Å². The molecule has 0 aliphatic heterocycles. The van der Waals surface area contributed by atoms with E-state index >= 15 is 0 Å². The lowest BCUT2D eigenvalue weighted by Gasteiger charge is -2.17. The molecule has 1 rings (SSSR count). The number of alkyl halides is 5. The summed E-state index contributed by atoms with van der Waals surface area (Å²) in [7, 11) is 0. The number of hydrazine groups is 1. The highest BCUT2D eigenvalue weighted by molar-refractivity contribution is 5.81. The van der Waals surface area contributed by atoms with E-state index < -0.39 is 35.3 Å². The van der Waals surface area contributed by atoms with Crippen molar-refractivity contribution in [3.8, 4) is 5.75 Å². The largest absolute Gasteiger partial charge is 0.483 e. The summed E-state index contributed by atoms with van der Waals surface area (Å²) in [5, 5.41) is 0. The molecule has 0 saturated carbocycles. The van der Waals surface area contributed by atoms with Crippen molar-refractivity contribution < 1.29 is 35.9 Å². The lowest BCUT2D eigenvalue weighted by Crippen LogP contribution is -2.47. The van der Waals surface area contributed by atoms with Gasteiger partial charge in [0.1, 0.15) is 11.6 Å². The normalized spacial score (nSPS) is 12.2. The van der Waals surface area contributed by atoms with Crippen LogP contribution >= 0.6 is 0 Å². The molecule has 10 heteroatoms. The Kier molecular flexibility index (Phi) is 3.94. The van der Waals surface area contributed by atoms with E-state index in [1.807, 2.05) is 0 Å². The lowest BCUT2D eigenvalue weighted by molar-refractivity contribution is -0.193. The number of hydrogen-bond acceptors (Lipinski definition) is 3. The molecule has 0 radical (unpaired) electrons. The molecule has 0 aromatic heterocycles. The van der Waals surface area contributed by atoms with Gasteiger partial charge in [0.05, 0.1) is 5.56 Å². The van der Waals surface area contributed by atoms with Crippen LogP contribution in [-0.2, 0) is 11.0 Å². The Balaban J connectivity index is 3.08. The maximum Gasteiger partial charge on any atom is 0.483 e. The molecule has 19 heavy (non-hydrogen) atoms. The molecule has 3 N–H and O–H groups in total. The standard InChI is InChI=1S/C9H6F6N2O2/c10-6-2-1-4(3-5(6)8(11,12)13)19-9(14,15)7(18)17-16/h1-3H,16H2,(H,17,18). The van der Waals surface area contributed by atoms with Gasteiger partial charge < -0.3 is 4.74 Å². The van der Waals surface area contributed by atoms with Gasteiger partial charge in [-0.1, -0.05) is 0 Å². The quantitative estimate of drug-likeness (QED) is 0.386. The number of nitrogens with one attached hydrogen (secondary N) is 1. The highest BCUT2D eigenvalue weighted by Gasteiger charge is 2.42. The number of rotatable bonds is 3. The summed E-state index contributed by atoms with van der Waals surface area (Å²) in [6.07, 6.45) is -9.58. The van der Waals surface area contributed by atoms with Gasteiger partial charge in [0.25, 0.3) is 0 Å². The van der Waals surface area contributed by atoms with Crippen LogP contribution < -0.4 is 16.0 Å². The van der Waals surface area contributed by atoms with Gasteiger partial charge in [-0.3, -0.25) is 10.2 Å². The number of hydrogen-bond donors (Lipinski definition) is 2. The summed E-state index contributed by atoms with van der Waals surface area (Å²) >= 11 is 0. The van der Waals surface area contributed by atoms with E-state index in [2.05, 4.69) is 10.6 Å². The second-order valence-electron chi connectivity index (χ2n) is 3.23. The molecule has 0 aliphatic carbocycles. The smallest absolute Gasteiger partial charge is 0.425 e. The zero-order valence-corrected chi connectivity index (χ0v) is 8.89. The van der Waals surface area contributed by atoms with Crippen molar-refractivity contribution in [2.75, 3.05) is 0 Å². The summed E-state index contributed by atoms with van der Waals surface area (Å²) in [6.45, 7) is 0. The molecule has 0 atom stereocenters. The Morgan fingerprint density at radius 3 is 2.26 bits per heavy atom. The number of carbonyl (C=O) groups excluding carboxylic acids is 1. The van der Waals surface area contributed by atoms with Crippen molar-refractivity contribution in [1.29, 1.82) is 0 Å². The molecular weight excluding hydrogens is 282 g/mol. The topological polar surface area (TPSA) is 64.3 Å². The molecule has 1 amide bonds. The van der Waals surface area contributed by atoms with E-state index in [1.165, 1.54) is 0 Å². The third kappa shape index (κ3) is 3.50. The van der Waals surface area contributed by atoms with E-state index in [1.54, 1.807) is 0 Å². The van der Waals surface area contributed by atoms with Crippen LogP contribution in [0.25, 0.3) is 0 Å². The van der Waals surface area contributed by atoms with Crippen molar-refractivity contribution in [1.82, 2.24) is 5.43 Å². The van der Waals surface area contributed by atoms with Gasteiger partial charge in [-0.2, -0.15) is 22.0 Å². The summed E-state index contributed by atoms with van der Waals surface area (Å²) in [5.41, 5.74) is -0.726. The van der Waals surface area contributed by atoms with Crippen LogP contribution in [-0.4, -0.2) is 12.0 Å². The van der Waals surface area contributed by atoms with Crippen LogP contribution in [0.2, 0.25) is 0 Å². The molecular formula is C9H6F6N2O2. The molecule has 1 aromatic rings. The van der Waals surface area contributed by atoms with E-state index in [4.69, 9.17) is 0 Å². The molecule has 0 fully saturated rings. The van der Waals surface area contributed by atoms with Crippen LogP contribution in [0.5, 0.6) is 5.75 Å². The predicted molar refractivity (Wildman–Crippen MR) is 49.3 cm³/mol. The maximum absolute atomic E-state index is 12.9. The Hall–Kier alpha value is -1.97. The number of ether oxygens (including phenoxy) is 1. The fourth-order valence-electron chi connectivity index (χ4n) is 1.06. The zero-order valence-electron chi connectivity index (χ0n) is 8.89. The number of benzene rings is 1. The van der Waals surface area contributed by atoms with Gasteiger partial charge in [-0.15, -0.1) is 0 Å². The third-order valence-electron chi connectivity index (χ3n) is 1.88. The first-order valence-corrected chi connectivity index (χ1v) is 4.52. The maximum atomic E-state index is 12.9. The monoisotopic (exact) mass is 288 g/mol. The van der Waals surface area contributed by atoms with Gasteiger partial charge >= 0.3 is 18.2 Å². The first-order valence-electron chi connectivity index (χ1n) is 4.52. The zero-order chi connectivity index (χ0) is 14.8. The fourth-order valence-corrected chi connectivity index (χ4v) is 1.06. The molecule has 4 nitrogen and oxygen atoms in total.